The number of rotatable bonds is 4. The number of nitrogens with zero attached hydrogens (tertiary/aromatic N) is 1. The minimum absolute atomic E-state index is 0.0938. The second-order valence-corrected chi connectivity index (χ2v) is 5.73. The first-order chi connectivity index (χ1) is 10.0. The predicted octanol–water partition coefficient (Wildman–Crippen LogP) is 4.12. The fourth-order valence-corrected chi connectivity index (χ4v) is 1.92. The fraction of sp³-hybridized carbons (Fsp3) is 0.200. The van der Waals surface area contributed by atoms with E-state index in [-0.39, 0.29) is 12.1 Å². The van der Waals surface area contributed by atoms with Crippen molar-refractivity contribution in [3.05, 3.63) is 47.1 Å². The van der Waals surface area contributed by atoms with Gasteiger partial charge in [0.1, 0.15) is 5.82 Å². The Labute approximate surface area is 132 Å². The maximum absolute atomic E-state index is 11.6. The molecule has 1 aromatic heterocycles. The number of anilines is 3. The van der Waals surface area contributed by atoms with Gasteiger partial charge in [0.15, 0.2) is 0 Å². The van der Waals surface area contributed by atoms with Crippen LogP contribution < -0.4 is 16.0 Å². The first-order valence-electron chi connectivity index (χ1n) is 6.59. The molecule has 21 heavy (non-hydrogen) atoms. The molecule has 6 heteroatoms. The first-order valence-corrected chi connectivity index (χ1v) is 7.38. The molecule has 0 saturated carbocycles. The molecular formula is C15H17BrN4O. The summed E-state index contributed by atoms with van der Waals surface area (Å²) in [6, 6.07) is 11.3. The van der Waals surface area contributed by atoms with E-state index in [1.165, 1.54) is 0 Å². The summed E-state index contributed by atoms with van der Waals surface area (Å²) < 4.78 is 1.02. The van der Waals surface area contributed by atoms with E-state index in [0.29, 0.717) is 11.5 Å². The maximum Gasteiger partial charge on any atom is 0.319 e. The lowest BCUT2D eigenvalue weighted by molar-refractivity contribution is 0.250. The molecule has 0 aliphatic rings. The number of benzene rings is 1. The Morgan fingerprint density at radius 2 is 1.76 bits per heavy atom. The number of amides is 2. The van der Waals surface area contributed by atoms with Crippen molar-refractivity contribution in [2.45, 2.75) is 19.9 Å². The van der Waals surface area contributed by atoms with Crippen LogP contribution in [0.25, 0.3) is 0 Å². The molecule has 0 fully saturated rings. The van der Waals surface area contributed by atoms with Crippen LogP contribution >= 0.6 is 15.9 Å². The lowest BCUT2D eigenvalue weighted by atomic mass is 10.3. The lowest BCUT2D eigenvalue weighted by Crippen LogP contribution is -2.34. The van der Waals surface area contributed by atoms with Crippen LogP contribution in [0.3, 0.4) is 0 Å². The van der Waals surface area contributed by atoms with Crippen LogP contribution in [-0.4, -0.2) is 17.1 Å². The van der Waals surface area contributed by atoms with Gasteiger partial charge in [0.2, 0.25) is 0 Å². The molecule has 0 atom stereocenters. The van der Waals surface area contributed by atoms with Crippen molar-refractivity contribution in [3.63, 3.8) is 0 Å². The van der Waals surface area contributed by atoms with Crippen molar-refractivity contribution >= 4 is 39.2 Å². The monoisotopic (exact) mass is 348 g/mol. The summed E-state index contributed by atoms with van der Waals surface area (Å²) in [7, 11) is 0. The van der Waals surface area contributed by atoms with Gasteiger partial charge in [-0.2, -0.15) is 0 Å². The number of pyridine rings is 1. The van der Waals surface area contributed by atoms with Gasteiger partial charge < -0.3 is 16.0 Å². The van der Waals surface area contributed by atoms with E-state index in [1.807, 2.05) is 44.2 Å². The zero-order valence-electron chi connectivity index (χ0n) is 11.9. The van der Waals surface area contributed by atoms with Gasteiger partial charge in [0.25, 0.3) is 0 Å². The Balaban J connectivity index is 1.95. The SMILES string of the molecule is CC(C)NC(=O)Nc1ccc(Nc2ccc(Br)cc2)nc1. The molecule has 0 spiro atoms. The van der Waals surface area contributed by atoms with Crippen molar-refractivity contribution in [1.82, 2.24) is 10.3 Å². The van der Waals surface area contributed by atoms with Crippen LogP contribution in [0, 0.1) is 0 Å². The van der Waals surface area contributed by atoms with E-state index in [4.69, 9.17) is 0 Å². The normalized spacial score (nSPS) is 10.3. The molecule has 0 radical (unpaired) electrons. The van der Waals surface area contributed by atoms with Crippen LogP contribution in [0.2, 0.25) is 0 Å². The van der Waals surface area contributed by atoms with Gasteiger partial charge in [0, 0.05) is 16.2 Å². The summed E-state index contributed by atoms with van der Waals surface area (Å²) >= 11 is 3.39. The Hall–Kier alpha value is -2.08. The lowest BCUT2D eigenvalue weighted by Gasteiger charge is -2.10. The summed E-state index contributed by atoms with van der Waals surface area (Å²) in [5.41, 5.74) is 1.60. The summed E-state index contributed by atoms with van der Waals surface area (Å²) in [6.45, 7) is 3.81. The van der Waals surface area contributed by atoms with E-state index in [9.17, 15) is 4.79 Å². The van der Waals surface area contributed by atoms with E-state index < -0.39 is 0 Å². The molecular weight excluding hydrogens is 332 g/mol. The molecule has 3 N–H and O–H groups in total. The van der Waals surface area contributed by atoms with Crippen LogP contribution in [0.4, 0.5) is 22.0 Å². The van der Waals surface area contributed by atoms with Crippen LogP contribution in [0.15, 0.2) is 47.1 Å². The second kappa shape index (κ2) is 7.08. The molecule has 1 aromatic carbocycles. The summed E-state index contributed by atoms with van der Waals surface area (Å²) in [5, 5.41) is 8.66. The third-order valence-electron chi connectivity index (χ3n) is 2.56. The van der Waals surface area contributed by atoms with Gasteiger partial charge >= 0.3 is 6.03 Å². The number of carbonyl (C=O) groups excluding carboxylic acids is 1. The third kappa shape index (κ3) is 5.07. The number of nitrogens with one attached hydrogen (secondary N) is 3. The highest BCUT2D eigenvalue weighted by Gasteiger charge is 2.03. The number of halogens is 1. The van der Waals surface area contributed by atoms with Crippen LogP contribution in [-0.2, 0) is 0 Å². The maximum atomic E-state index is 11.6. The molecule has 5 nitrogen and oxygen atoms in total. The average molecular weight is 349 g/mol. The summed E-state index contributed by atoms with van der Waals surface area (Å²) in [5.74, 6) is 0.715. The number of carbonyl (C=O) groups is 1. The summed E-state index contributed by atoms with van der Waals surface area (Å²) in [4.78, 5) is 15.8. The van der Waals surface area contributed by atoms with Gasteiger partial charge in [-0.1, -0.05) is 15.9 Å². The van der Waals surface area contributed by atoms with Gasteiger partial charge in [-0.25, -0.2) is 9.78 Å². The van der Waals surface area contributed by atoms with Crippen molar-refractivity contribution in [3.8, 4) is 0 Å². The fourth-order valence-electron chi connectivity index (χ4n) is 1.65. The minimum Gasteiger partial charge on any atom is -0.340 e. The van der Waals surface area contributed by atoms with E-state index in [2.05, 4.69) is 36.9 Å². The largest absolute Gasteiger partial charge is 0.340 e. The van der Waals surface area contributed by atoms with Gasteiger partial charge in [-0.05, 0) is 50.2 Å². The molecule has 110 valence electrons. The molecule has 2 aromatic rings. The molecule has 2 amide bonds. The highest BCUT2D eigenvalue weighted by molar-refractivity contribution is 9.10. The van der Waals surface area contributed by atoms with Crippen molar-refractivity contribution < 1.29 is 4.79 Å². The zero-order valence-corrected chi connectivity index (χ0v) is 13.4. The van der Waals surface area contributed by atoms with Crippen molar-refractivity contribution in [2.24, 2.45) is 0 Å². The molecule has 2 rings (SSSR count). The number of aromatic nitrogens is 1. The van der Waals surface area contributed by atoms with E-state index in [0.717, 1.165) is 10.2 Å². The topological polar surface area (TPSA) is 66.1 Å². The van der Waals surface area contributed by atoms with Gasteiger partial charge in [0.05, 0.1) is 11.9 Å². The minimum atomic E-state index is -0.236. The predicted molar refractivity (Wildman–Crippen MR) is 89.0 cm³/mol. The number of urea groups is 1. The third-order valence-corrected chi connectivity index (χ3v) is 3.09. The van der Waals surface area contributed by atoms with Crippen LogP contribution in [0.1, 0.15) is 13.8 Å². The molecule has 0 aliphatic heterocycles. The van der Waals surface area contributed by atoms with Gasteiger partial charge in [-0.15, -0.1) is 0 Å². The Kier molecular flexibility index (Phi) is 5.16. The highest BCUT2D eigenvalue weighted by atomic mass is 79.9. The molecule has 0 unspecified atom stereocenters. The Bertz CT molecular complexity index is 596. The number of hydrogen-bond acceptors (Lipinski definition) is 3. The zero-order chi connectivity index (χ0) is 15.2. The quantitative estimate of drug-likeness (QED) is 0.778. The van der Waals surface area contributed by atoms with Crippen molar-refractivity contribution in [2.75, 3.05) is 10.6 Å². The van der Waals surface area contributed by atoms with Gasteiger partial charge in [-0.3, -0.25) is 0 Å². The smallest absolute Gasteiger partial charge is 0.319 e. The highest BCUT2D eigenvalue weighted by Crippen LogP contribution is 2.18. The standard InChI is InChI=1S/C15H17BrN4O/c1-10(2)18-15(21)20-13-7-8-14(17-9-13)19-12-5-3-11(16)4-6-12/h3-10H,1-2H3,(H,17,19)(H2,18,20,21). The van der Waals surface area contributed by atoms with E-state index in [1.54, 1.807) is 12.3 Å². The van der Waals surface area contributed by atoms with Crippen molar-refractivity contribution in [1.29, 1.82) is 0 Å². The molecule has 0 saturated heterocycles. The first kappa shape index (κ1) is 15.3. The Morgan fingerprint density at radius 1 is 1.10 bits per heavy atom. The van der Waals surface area contributed by atoms with E-state index >= 15 is 0 Å². The Morgan fingerprint density at radius 3 is 2.33 bits per heavy atom. The average Bonchev–Trinajstić information content (AvgIpc) is 2.42. The second-order valence-electron chi connectivity index (χ2n) is 4.82. The number of hydrogen-bond donors (Lipinski definition) is 3. The molecule has 0 bridgehead atoms. The summed E-state index contributed by atoms with van der Waals surface area (Å²) in [6.07, 6.45) is 1.61. The molecule has 1 heterocycles. The molecule has 0 aliphatic carbocycles. The van der Waals surface area contributed by atoms with Crippen LogP contribution in [0.5, 0.6) is 0 Å².